The molecule has 23 heavy (non-hydrogen) atoms. The van der Waals surface area contributed by atoms with Gasteiger partial charge >= 0.3 is 6.03 Å². The lowest BCUT2D eigenvalue weighted by molar-refractivity contribution is 0.161. The van der Waals surface area contributed by atoms with Crippen molar-refractivity contribution in [2.75, 3.05) is 0 Å². The Morgan fingerprint density at radius 2 is 2.09 bits per heavy atom. The molecule has 2 aliphatic carbocycles. The van der Waals surface area contributed by atoms with Crippen molar-refractivity contribution >= 4 is 6.03 Å². The van der Waals surface area contributed by atoms with Gasteiger partial charge in [-0.2, -0.15) is 0 Å². The third kappa shape index (κ3) is 2.98. The molecule has 0 aliphatic heterocycles. The summed E-state index contributed by atoms with van der Waals surface area (Å²) in [5.74, 6) is 0. The number of aryl methyl sites for hydroxylation is 1. The molecule has 1 N–H and O–H groups in total. The molecule has 2 amide bonds. The fourth-order valence-corrected chi connectivity index (χ4v) is 3.59. The van der Waals surface area contributed by atoms with E-state index in [0.29, 0.717) is 12.6 Å². The van der Waals surface area contributed by atoms with Crippen LogP contribution in [0.4, 0.5) is 4.79 Å². The van der Waals surface area contributed by atoms with Gasteiger partial charge in [0, 0.05) is 18.2 Å². The fraction of sp³-hybridized carbons (Fsp3) is 0.421. The standard InChI is InChI=1S/C19H22N2O2/c22-19(20-12-14-10-11-23-13-14)21(16-8-9-16)18-7-3-5-15-4-1-2-6-17(15)18/h1-2,4,6,10-11,13,16,18H,3,5,7-9,12H2,(H,20,22). The fourth-order valence-electron chi connectivity index (χ4n) is 3.59. The molecule has 0 saturated heterocycles. The Hall–Kier alpha value is -2.23. The van der Waals surface area contributed by atoms with Crippen LogP contribution in [0.15, 0.2) is 47.3 Å². The molecule has 120 valence electrons. The van der Waals surface area contributed by atoms with E-state index in [2.05, 4.69) is 34.5 Å². The van der Waals surface area contributed by atoms with Crippen molar-refractivity contribution in [1.29, 1.82) is 0 Å². The Morgan fingerprint density at radius 1 is 1.22 bits per heavy atom. The van der Waals surface area contributed by atoms with Crippen LogP contribution in [0.25, 0.3) is 0 Å². The topological polar surface area (TPSA) is 45.5 Å². The highest BCUT2D eigenvalue weighted by Gasteiger charge is 2.39. The van der Waals surface area contributed by atoms with E-state index in [9.17, 15) is 4.79 Å². The molecule has 1 atom stereocenters. The zero-order valence-electron chi connectivity index (χ0n) is 13.2. The predicted octanol–water partition coefficient (Wildman–Crippen LogP) is 4.03. The van der Waals surface area contributed by atoms with Gasteiger partial charge in [0.05, 0.1) is 18.6 Å². The second-order valence-electron chi connectivity index (χ2n) is 6.54. The Morgan fingerprint density at radius 3 is 2.87 bits per heavy atom. The second-order valence-corrected chi connectivity index (χ2v) is 6.54. The molecule has 4 heteroatoms. The summed E-state index contributed by atoms with van der Waals surface area (Å²) in [5.41, 5.74) is 3.74. The molecule has 0 spiro atoms. The van der Waals surface area contributed by atoms with E-state index in [0.717, 1.165) is 37.7 Å². The maximum atomic E-state index is 12.8. The smallest absolute Gasteiger partial charge is 0.318 e. The highest BCUT2D eigenvalue weighted by molar-refractivity contribution is 5.75. The van der Waals surface area contributed by atoms with Crippen LogP contribution in [0.2, 0.25) is 0 Å². The minimum atomic E-state index is 0.0513. The van der Waals surface area contributed by atoms with Gasteiger partial charge in [-0.3, -0.25) is 0 Å². The van der Waals surface area contributed by atoms with Gasteiger partial charge in [-0.1, -0.05) is 24.3 Å². The molecular weight excluding hydrogens is 288 g/mol. The molecule has 0 radical (unpaired) electrons. The first-order valence-corrected chi connectivity index (χ1v) is 8.48. The summed E-state index contributed by atoms with van der Waals surface area (Å²) in [6.45, 7) is 0.521. The molecule has 4 nitrogen and oxygen atoms in total. The highest BCUT2D eigenvalue weighted by Crippen LogP contribution is 2.40. The van der Waals surface area contributed by atoms with Crippen molar-refractivity contribution < 1.29 is 9.21 Å². The van der Waals surface area contributed by atoms with Crippen molar-refractivity contribution in [3.05, 3.63) is 59.5 Å². The van der Waals surface area contributed by atoms with Crippen LogP contribution >= 0.6 is 0 Å². The van der Waals surface area contributed by atoms with E-state index in [1.165, 1.54) is 11.1 Å². The zero-order valence-corrected chi connectivity index (χ0v) is 13.2. The van der Waals surface area contributed by atoms with Gasteiger partial charge in [0.2, 0.25) is 0 Å². The average molecular weight is 310 g/mol. The van der Waals surface area contributed by atoms with Crippen molar-refractivity contribution in [2.45, 2.75) is 50.7 Å². The predicted molar refractivity (Wildman–Crippen MR) is 87.9 cm³/mol. The molecule has 1 aromatic carbocycles. The van der Waals surface area contributed by atoms with E-state index in [4.69, 9.17) is 4.42 Å². The van der Waals surface area contributed by atoms with Crippen LogP contribution in [-0.2, 0) is 13.0 Å². The van der Waals surface area contributed by atoms with Crippen molar-refractivity contribution in [3.8, 4) is 0 Å². The monoisotopic (exact) mass is 310 g/mol. The molecule has 2 aromatic rings. The Bertz CT molecular complexity index is 676. The molecule has 4 rings (SSSR count). The SMILES string of the molecule is O=C(NCc1ccoc1)N(C1CC1)C1CCCc2ccccc21. The van der Waals surface area contributed by atoms with Crippen LogP contribution in [0, 0.1) is 0 Å². The number of rotatable bonds is 4. The third-order valence-corrected chi connectivity index (χ3v) is 4.87. The molecule has 1 aromatic heterocycles. The largest absolute Gasteiger partial charge is 0.472 e. The van der Waals surface area contributed by atoms with Gasteiger partial charge in [0.25, 0.3) is 0 Å². The van der Waals surface area contributed by atoms with Gasteiger partial charge in [0.15, 0.2) is 0 Å². The van der Waals surface area contributed by atoms with Crippen molar-refractivity contribution in [3.63, 3.8) is 0 Å². The first-order valence-electron chi connectivity index (χ1n) is 8.48. The summed E-state index contributed by atoms with van der Waals surface area (Å²) in [7, 11) is 0. The number of carbonyl (C=O) groups is 1. The van der Waals surface area contributed by atoms with Gasteiger partial charge in [-0.15, -0.1) is 0 Å². The highest BCUT2D eigenvalue weighted by atomic mass is 16.3. The number of benzene rings is 1. The van der Waals surface area contributed by atoms with Gasteiger partial charge in [-0.25, -0.2) is 4.79 Å². The molecular formula is C19H22N2O2. The van der Waals surface area contributed by atoms with Crippen molar-refractivity contribution in [1.82, 2.24) is 10.2 Å². The lowest BCUT2D eigenvalue weighted by Gasteiger charge is -2.36. The number of amides is 2. The number of hydrogen-bond acceptors (Lipinski definition) is 2. The number of urea groups is 1. The molecule has 1 unspecified atom stereocenters. The Labute approximate surface area is 136 Å². The summed E-state index contributed by atoms with van der Waals surface area (Å²) < 4.78 is 5.06. The average Bonchev–Trinajstić information content (AvgIpc) is 3.27. The summed E-state index contributed by atoms with van der Waals surface area (Å²) in [6.07, 6.45) is 8.90. The lowest BCUT2D eigenvalue weighted by atomic mass is 9.87. The van der Waals surface area contributed by atoms with Crippen molar-refractivity contribution in [2.24, 2.45) is 0 Å². The van der Waals surface area contributed by atoms with Gasteiger partial charge < -0.3 is 14.6 Å². The van der Waals surface area contributed by atoms with Gasteiger partial charge in [0.1, 0.15) is 0 Å². The number of hydrogen-bond donors (Lipinski definition) is 1. The van der Waals surface area contributed by atoms with Crippen LogP contribution in [0.1, 0.15) is 48.4 Å². The van der Waals surface area contributed by atoms with E-state index in [1.807, 2.05) is 6.07 Å². The number of nitrogens with zero attached hydrogens (tertiary/aromatic N) is 1. The van der Waals surface area contributed by atoms with Crippen LogP contribution in [-0.4, -0.2) is 17.0 Å². The zero-order chi connectivity index (χ0) is 15.6. The number of nitrogens with one attached hydrogen (secondary N) is 1. The van der Waals surface area contributed by atoms with E-state index < -0.39 is 0 Å². The first-order chi connectivity index (χ1) is 11.3. The van der Waals surface area contributed by atoms with Crippen LogP contribution in [0.5, 0.6) is 0 Å². The van der Waals surface area contributed by atoms with E-state index >= 15 is 0 Å². The second kappa shape index (κ2) is 6.11. The summed E-state index contributed by atoms with van der Waals surface area (Å²) in [6, 6.07) is 11.1. The maximum Gasteiger partial charge on any atom is 0.318 e. The minimum absolute atomic E-state index is 0.0513. The number of fused-ring (bicyclic) bond motifs is 1. The summed E-state index contributed by atoms with van der Waals surface area (Å²) in [5, 5.41) is 3.06. The number of furan rings is 1. The minimum Gasteiger partial charge on any atom is -0.472 e. The summed E-state index contributed by atoms with van der Waals surface area (Å²) >= 11 is 0. The molecule has 0 bridgehead atoms. The normalized spacial score (nSPS) is 19.9. The Balaban J connectivity index is 1.53. The summed E-state index contributed by atoms with van der Waals surface area (Å²) in [4.78, 5) is 14.9. The van der Waals surface area contributed by atoms with Crippen LogP contribution in [0.3, 0.4) is 0 Å². The van der Waals surface area contributed by atoms with Gasteiger partial charge in [-0.05, 0) is 49.3 Å². The number of carbonyl (C=O) groups excluding carboxylic acids is 1. The molecule has 2 aliphatic rings. The third-order valence-electron chi connectivity index (χ3n) is 4.87. The molecule has 1 fully saturated rings. The lowest BCUT2D eigenvalue weighted by Crippen LogP contribution is -2.44. The Kier molecular flexibility index (Phi) is 3.82. The van der Waals surface area contributed by atoms with Crippen LogP contribution < -0.4 is 5.32 Å². The molecule has 1 saturated carbocycles. The van der Waals surface area contributed by atoms with E-state index in [-0.39, 0.29) is 12.1 Å². The molecule has 1 heterocycles. The first kappa shape index (κ1) is 14.4. The quantitative estimate of drug-likeness (QED) is 0.926. The maximum absolute atomic E-state index is 12.8. The van der Waals surface area contributed by atoms with E-state index in [1.54, 1.807) is 12.5 Å².